The molecule has 0 aromatic heterocycles. The Hall–Kier alpha value is -1.42. The van der Waals surface area contributed by atoms with Gasteiger partial charge in [-0.3, -0.25) is 4.79 Å². The molecule has 1 N–H and O–H groups in total. The molecular weight excluding hydrogens is 279 g/mol. The van der Waals surface area contributed by atoms with E-state index >= 15 is 0 Å². The van der Waals surface area contributed by atoms with Gasteiger partial charge in [0.25, 0.3) is 0 Å². The van der Waals surface area contributed by atoms with Crippen LogP contribution in [-0.4, -0.2) is 37.0 Å². The number of nitrogens with one attached hydrogen (secondary N) is 1. The van der Waals surface area contributed by atoms with E-state index < -0.39 is 0 Å². The van der Waals surface area contributed by atoms with E-state index in [0.29, 0.717) is 17.9 Å². The molecule has 0 bridgehead atoms. The molecule has 22 heavy (non-hydrogen) atoms. The Balaban J connectivity index is 1.82. The van der Waals surface area contributed by atoms with Gasteiger partial charge in [-0.25, -0.2) is 4.39 Å². The lowest BCUT2D eigenvalue weighted by Crippen LogP contribution is -2.41. The van der Waals surface area contributed by atoms with E-state index in [9.17, 15) is 9.18 Å². The molecule has 4 heteroatoms. The third-order valence-electron chi connectivity index (χ3n) is 4.57. The molecule has 1 atom stereocenters. The van der Waals surface area contributed by atoms with E-state index in [4.69, 9.17) is 0 Å². The standard InChI is InChI=1S/C18H27FN2O/c1-3-20-13-15-8-10-21(11-9-15)18(22)12-14(2)16-6-4-5-7-17(16)19/h4-7,14-15,20H,3,8-13H2,1-2H3. The Labute approximate surface area is 132 Å². The first kappa shape index (κ1) is 16.9. The van der Waals surface area contributed by atoms with Gasteiger partial charge in [-0.1, -0.05) is 32.0 Å². The average Bonchev–Trinajstić information content (AvgIpc) is 2.53. The van der Waals surface area contributed by atoms with Crippen LogP contribution >= 0.6 is 0 Å². The quantitative estimate of drug-likeness (QED) is 0.875. The van der Waals surface area contributed by atoms with Gasteiger partial charge >= 0.3 is 0 Å². The average molecular weight is 306 g/mol. The summed E-state index contributed by atoms with van der Waals surface area (Å²) in [5, 5.41) is 3.38. The number of hydrogen-bond acceptors (Lipinski definition) is 2. The van der Waals surface area contributed by atoms with Crippen LogP contribution in [0.15, 0.2) is 24.3 Å². The first-order valence-corrected chi connectivity index (χ1v) is 8.34. The molecule has 1 heterocycles. The highest BCUT2D eigenvalue weighted by Crippen LogP contribution is 2.24. The summed E-state index contributed by atoms with van der Waals surface area (Å²) in [7, 11) is 0. The van der Waals surface area contributed by atoms with E-state index in [2.05, 4.69) is 12.2 Å². The fourth-order valence-corrected chi connectivity index (χ4v) is 3.11. The number of likely N-dealkylation sites (tertiary alicyclic amines) is 1. The Kier molecular flexibility index (Phi) is 6.37. The highest BCUT2D eigenvalue weighted by Gasteiger charge is 2.24. The molecular formula is C18H27FN2O. The third-order valence-corrected chi connectivity index (χ3v) is 4.57. The van der Waals surface area contributed by atoms with Crippen LogP contribution in [0.1, 0.15) is 44.6 Å². The molecule has 0 aliphatic carbocycles. The smallest absolute Gasteiger partial charge is 0.223 e. The molecule has 1 unspecified atom stereocenters. The Morgan fingerprint density at radius 2 is 2.05 bits per heavy atom. The van der Waals surface area contributed by atoms with Gasteiger partial charge in [0.1, 0.15) is 5.82 Å². The maximum Gasteiger partial charge on any atom is 0.223 e. The molecule has 0 spiro atoms. The number of amides is 1. The summed E-state index contributed by atoms with van der Waals surface area (Å²) in [5.74, 6) is 0.533. The minimum atomic E-state index is -0.216. The minimum absolute atomic E-state index is 0.0758. The molecule has 0 saturated carbocycles. The summed E-state index contributed by atoms with van der Waals surface area (Å²) in [6.07, 6.45) is 2.51. The van der Waals surface area contributed by atoms with Gasteiger partial charge in [0.05, 0.1) is 0 Å². The second-order valence-electron chi connectivity index (χ2n) is 6.26. The van der Waals surface area contributed by atoms with Crippen LogP contribution in [0.2, 0.25) is 0 Å². The van der Waals surface area contributed by atoms with Gasteiger partial charge in [0, 0.05) is 19.5 Å². The molecule has 2 rings (SSSR count). The second kappa shape index (κ2) is 8.28. The van der Waals surface area contributed by atoms with Crippen molar-refractivity contribution in [3.05, 3.63) is 35.6 Å². The summed E-state index contributed by atoms with van der Waals surface area (Å²) < 4.78 is 13.8. The van der Waals surface area contributed by atoms with Gasteiger partial charge in [0.2, 0.25) is 5.91 Å². The second-order valence-corrected chi connectivity index (χ2v) is 6.26. The Morgan fingerprint density at radius 3 is 2.68 bits per heavy atom. The van der Waals surface area contributed by atoms with Crippen molar-refractivity contribution in [2.24, 2.45) is 5.92 Å². The number of benzene rings is 1. The maximum absolute atomic E-state index is 13.8. The predicted molar refractivity (Wildman–Crippen MR) is 87.3 cm³/mol. The fraction of sp³-hybridized carbons (Fsp3) is 0.611. The number of halogens is 1. The number of rotatable bonds is 6. The maximum atomic E-state index is 13.8. The summed E-state index contributed by atoms with van der Waals surface area (Å²) in [6.45, 7) is 7.75. The third kappa shape index (κ3) is 4.54. The monoisotopic (exact) mass is 306 g/mol. The number of carbonyl (C=O) groups excluding carboxylic acids is 1. The fourth-order valence-electron chi connectivity index (χ4n) is 3.11. The summed E-state index contributed by atoms with van der Waals surface area (Å²) in [5.41, 5.74) is 0.637. The van der Waals surface area contributed by atoms with Crippen molar-refractivity contribution in [1.29, 1.82) is 0 Å². The van der Waals surface area contributed by atoms with Gasteiger partial charge < -0.3 is 10.2 Å². The summed E-state index contributed by atoms with van der Waals surface area (Å²) in [6, 6.07) is 6.74. The lowest BCUT2D eigenvalue weighted by Gasteiger charge is -2.32. The van der Waals surface area contributed by atoms with Crippen LogP contribution in [0.4, 0.5) is 4.39 Å². The zero-order valence-corrected chi connectivity index (χ0v) is 13.6. The van der Waals surface area contributed by atoms with Gasteiger partial charge in [-0.05, 0) is 49.4 Å². The molecule has 1 aliphatic heterocycles. The van der Waals surface area contributed by atoms with Crippen molar-refractivity contribution in [3.63, 3.8) is 0 Å². The van der Waals surface area contributed by atoms with E-state index in [0.717, 1.165) is 39.0 Å². The molecule has 1 aromatic carbocycles. The van der Waals surface area contributed by atoms with Crippen molar-refractivity contribution in [3.8, 4) is 0 Å². The molecule has 3 nitrogen and oxygen atoms in total. The highest BCUT2D eigenvalue weighted by molar-refractivity contribution is 5.77. The number of nitrogens with zero attached hydrogens (tertiary/aromatic N) is 1. The van der Waals surface area contributed by atoms with E-state index in [1.54, 1.807) is 12.1 Å². The van der Waals surface area contributed by atoms with Crippen LogP contribution in [0.25, 0.3) is 0 Å². The SMILES string of the molecule is CCNCC1CCN(C(=O)CC(C)c2ccccc2F)CC1. The van der Waals surface area contributed by atoms with E-state index in [1.807, 2.05) is 17.9 Å². The molecule has 1 aliphatic rings. The number of hydrogen-bond donors (Lipinski definition) is 1. The topological polar surface area (TPSA) is 32.3 Å². The van der Waals surface area contributed by atoms with Crippen molar-refractivity contribution in [2.75, 3.05) is 26.2 Å². The predicted octanol–water partition coefficient (Wildman–Crippen LogP) is 3.17. The lowest BCUT2D eigenvalue weighted by molar-refractivity contribution is -0.132. The van der Waals surface area contributed by atoms with Crippen LogP contribution in [-0.2, 0) is 4.79 Å². The number of carbonyl (C=O) groups is 1. The molecule has 0 radical (unpaired) electrons. The molecule has 1 amide bonds. The minimum Gasteiger partial charge on any atom is -0.343 e. The Morgan fingerprint density at radius 1 is 1.36 bits per heavy atom. The largest absolute Gasteiger partial charge is 0.343 e. The van der Waals surface area contributed by atoms with Crippen LogP contribution in [0, 0.1) is 11.7 Å². The van der Waals surface area contributed by atoms with Crippen LogP contribution in [0.5, 0.6) is 0 Å². The lowest BCUT2D eigenvalue weighted by atomic mass is 9.94. The van der Waals surface area contributed by atoms with E-state index in [1.165, 1.54) is 6.07 Å². The molecule has 1 fully saturated rings. The zero-order chi connectivity index (χ0) is 15.9. The summed E-state index contributed by atoms with van der Waals surface area (Å²) >= 11 is 0. The van der Waals surface area contributed by atoms with Crippen molar-refractivity contribution >= 4 is 5.91 Å². The van der Waals surface area contributed by atoms with Crippen LogP contribution < -0.4 is 5.32 Å². The van der Waals surface area contributed by atoms with Crippen LogP contribution in [0.3, 0.4) is 0 Å². The first-order valence-electron chi connectivity index (χ1n) is 8.34. The van der Waals surface area contributed by atoms with Crippen molar-refractivity contribution in [2.45, 2.75) is 39.0 Å². The summed E-state index contributed by atoms with van der Waals surface area (Å²) in [4.78, 5) is 14.3. The highest BCUT2D eigenvalue weighted by atomic mass is 19.1. The zero-order valence-electron chi connectivity index (χ0n) is 13.6. The molecule has 1 aromatic rings. The normalized spacial score (nSPS) is 17.5. The number of piperidine rings is 1. The first-order chi connectivity index (χ1) is 10.6. The molecule has 1 saturated heterocycles. The van der Waals surface area contributed by atoms with E-state index in [-0.39, 0.29) is 17.6 Å². The van der Waals surface area contributed by atoms with Gasteiger partial charge in [-0.2, -0.15) is 0 Å². The van der Waals surface area contributed by atoms with Gasteiger partial charge in [-0.15, -0.1) is 0 Å². The van der Waals surface area contributed by atoms with Crippen molar-refractivity contribution < 1.29 is 9.18 Å². The van der Waals surface area contributed by atoms with Gasteiger partial charge in [0.15, 0.2) is 0 Å². The van der Waals surface area contributed by atoms with Crippen molar-refractivity contribution in [1.82, 2.24) is 10.2 Å². The Bertz CT molecular complexity index is 484. The molecule has 122 valence electrons.